The van der Waals surface area contributed by atoms with Crippen molar-refractivity contribution in [2.24, 2.45) is 0 Å². The number of rotatable bonds is 5. The van der Waals surface area contributed by atoms with Crippen molar-refractivity contribution >= 4 is 29.0 Å². The molecule has 0 aliphatic rings. The Kier molecular flexibility index (Phi) is 6.19. The molecule has 0 fully saturated rings. The number of pyridine rings is 1. The summed E-state index contributed by atoms with van der Waals surface area (Å²) in [7, 11) is 0. The van der Waals surface area contributed by atoms with Crippen molar-refractivity contribution in [3.05, 3.63) is 54.8 Å². The van der Waals surface area contributed by atoms with Crippen molar-refractivity contribution in [1.82, 2.24) is 4.57 Å². The van der Waals surface area contributed by atoms with Crippen LogP contribution in [0.25, 0.3) is 0 Å². The molecule has 0 bridgehead atoms. The lowest BCUT2D eigenvalue weighted by atomic mass is 9.97. The predicted molar refractivity (Wildman–Crippen MR) is 103 cm³/mol. The molecule has 0 aliphatic heterocycles. The molecule has 2 rings (SSSR count). The molecule has 6 nitrogen and oxygen atoms in total. The average Bonchev–Trinajstić information content (AvgIpc) is 2.57. The molecule has 8 heteroatoms. The minimum Gasteiger partial charge on any atom is -0.494 e. The third-order valence-corrected chi connectivity index (χ3v) is 4.60. The molecule has 0 spiro atoms. The molecule has 142 valence electrons. The number of ketones is 1. The van der Waals surface area contributed by atoms with E-state index < -0.39 is 23.3 Å². The highest BCUT2D eigenvalue weighted by atomic mass is 35.5. The summed E-state index contributed by atoms with van der Waals surface area (Å²) < 4.78 is 6.36. The van der Waals surface area contributed by atoms with Gasteiger partial charge < -0.3 is 9.84 Å². The van der Waals surface area contributed by atoms with Gasteiger partial charge in [0.05, 0.1) is 22.2 Å². The number of hydrogen-bond acceptors (Lipinski definition) is 5. The van der Waals surface area contributed by atoms with Gasteiger partial charge in [0.15, 0.2) is 11.5 Å². The van der Waals surface area contributed by atoms with Crippen molar-refractivity contribution in [1.29, 1.82) is 5.26 Å². The van der Waals surface area contributed by atoms with Gasteiger partial charge in [0.2, 0.25) is 5.88 Å². The molecule has 0 radical (unpaired) electrons. The minimum absolute atomic E-state index is 0.100. The van der Waals surface area contributed by atoms with Gasteiger partial charge in [-0.15, -0.1) is 0 Å². The van der Waals surface area contributed by atoms with Gasteiger partial charge in [-0.3, -0.25) is 14.2 Å². The standard InChI is InChI=1S/C19H18Cl2N2O4/c1-5-27-17-13(20)6-11(7-14(17)21)16(24)15-10(4)12(8-22)18(25)23(9(2)3)19(15)26/h6-7,9,26H,5H2,1-4H3. The van der Waals surface area contributed by atoms with E-state index in [4.69, 9.17) is 27.9 Å². The number of aromatic hydroxyl groups is 1. The number of hydrogen-bond donors (Lipinski definition) is 1. The minimum atomic E-state index is -0.651. The summed E-state index contributed by atoms with van der Waals surface area (Å²) in [4.78, 5) is 25.5. The van der Waals surface area contributed by atoms with E-state index >= 15 is 0 Å². The zero-order valence-corrected chi connectivity index (χ0v) is 16.8. The molecule has 0 amide bonds. The Morgan fingerprint density at radius 2 is 1.89 bits per heavy atom. The van der Waals surface area contributed by atoms with Gasteiger partial charge in [0.25, 0.3) is 5.56 Å². The van der Waals surface area contributed by atoms with Crippen molar-refractivity contribution < 1.29 is 14.6 Å². The van der Waals surface area contributed by atoms with Gasteiger partial charge in [-0.1, -0.05) is 23.2 Å². The monoisotopic (exact) mass is 408 g/mol. The average molecular weight is 409 g/mol. The predicted octanol–water partition coefficient (Wildman–Crippen LogP) is 4.25. The molecular formula is C19H18Cl2N2O4. The van der Waals surface area contributed by atoms with Crippen molar-refractivity contribution in [2.45, 2.75) is 33.7 Å². The number of benzene rings is 1. The highest BCUT2D eigenvalue weighted by molar-refractivity contribution is 6.38. The van der Waals surface area contributed by atoms with Gasteiger partial charge in [0, 0.05) is 11.6 Å². The quantitative estimate of drug-likeness (QED) is 0.746. The fourth-order valence-corrected chi connectivity index (χ4v) is 3.39. The molecular weight excluding hydrogens is 391 g/mol. The first-order valence-electron chi connectivity index (χ1n) is 8.20. The van der Waals surface area contributed by atoms with Crippen LogP contribution in [0.1, 0.15) is 53.9 Å². The zero-order valence-electron chi connectivity index (χ0n) is 15.3. The maximum absolute atomic E-state index is 13.1. The third-order valence-electron chi connectivity index (χ3n) is 4.04. The molecule has 1 aromatic carbocycles. The van der Waals surface area contributed by atoms with Crippen LogP contribution in [0.4, 0.5) is 0 Å². The highest BCUT2D eigenvalue weighted by Gasteiger charge is 2.26. The van der Waals surface area contributed by atoms with E-state index in [1.165, 1.54) is 19.1 Å². The summed E-state index contributed by atoms with van der Waals surface area (Å²) in [5.41, 5.74) is -0.793. The second-order valence-corrected chi connectivity index (χ2v) is 6.92. The van der Waals surface area contributed by atoms with Gasteiger partial charge in [-0.25, -0.2) is 0 Å². The fraction of sp³-hybridized carbons (Fsp3) is 0.316. The summed E-state index contributed by atoms with van der Waals surface area (Å²) in [6, 6.07) is 4.10. The van der Waals surface area contributed by atoms with E-state index in [1.807, 2.05) is 6.07 Å². The summed E-state index contributed by atoms with van der Waals surface area (Å²) in [5, 5.41) is 20.2. The smallest absolute Gasteiger partial charge is 0.271 e. The van der Waals surface area contributed by atoms with E-state index in [-0.39, 0.29) is 38.0 Å². The van der Waals surface area contributed by atoms with Gasteiger partial charge in [0.1, 0.15) is 11.6 Å². The van der Waals surface area contributed by atoms with Crippen LogP contribution in [0, 0.1) is 18.3 Å². The Bertz CT molecular complexity index is 997. The van der Waals surface area contributed by atoms with E-state index in [0.29, 0.717) is 6.61 Å². The topological polar surface area (TPSA) is 92.3 Å². The Hall–Kier alpha value is -2.49. The highest BCUT2D eigenvalue weighted by Crippen LogP contribution is 2.36. The van der Waals surface area contributed by atoms with Crippen LogP contribution >= 0.6 is 23.2 Å². The zero-order chi connectivity index (χ0) is 20.5. The van der Waals surface area contributed by atoms with Gasteiger partial charge in [-0.2, -0.15) is 5.26 Å². The second-order valence-electron chi connectivity index (χ2n) is 6.11. The van der Waals surface area contributed by atoms with Crippen LogP contribution < -0.4 is 10.3 Å². The lowest BCUT2D eigenvalue weighted by Gasteiger charge is -2.18. The van der Waals surface area contributed by atoms with E-state index in [2.05, 4.69) is 0 Å². The van der Waals surface area contributed by atoms with Crippen molar-refractivity contribution in [2.75, 3.05) is 6.61 Å². The molecule has 0 aliphatic carbocycles. The van der Waals surface area contributed by atoms with E-state index in [0.717, 1.165) is 4.57 Å². The summed E-state index contributed by atoms with van der Waals surface area (Å²) >= 11 is 12.3. The molecule has 1 N–H and O–H groups in total. The largest absolute Gasteiger partial charge is 0.494 e. The Morgan fingerprint density at radius 1 is 1.33 bits per heavy atom. The summed E-state index contributed by atoms with van der Waals surface area (Å²) in [6.07, 6.45) is 0. The number of carbonyl (C=O) groups excluding carboxylic acids is 1. The van der Waals surface area contributed by atoms with Crippen LogP contribution in [0.5, 0.6) is 11.6 Å². The molecule has 0 saturated carbocycles. The van der Waals surface area contributed by atoms with Crippen molar-refractivity contribution in [3.8, 4) is 17.7 Å². The molecule has 1 heterocycles. The lowest BCUT2D eigenvalue weighted by Crippen LogP contribution is -2.28. The van der Waals surface area contributed by atoms with Crippen LogP contribution in [0.3, 0.4) is 0 Å². The molecule has 0 saturated heterocycles. The maximum Gasteiger partial charge on any atom is 0.271 e. The first-order valence-corrected chi connectivity index (χ1v) is 8.95. The van der Waals surface area contributed by atoms with Gasteiger partial charge >= 0.3 is 0 Å². The van der Waals surface area contributed by atoms with Crippen LogP contribution in [0.2, 0.25) is 10.0 Å². The molecule has 1 aromatic heterocycles. The number of nitrogens with zero attached hydrogens (tertiary/aromatic N) is 2. The second kappa shape index (κ2) is 8.03. The molecule has 27 heavy (non-hydrogen) atoms. The fourth-order valence-electron chi connectivity index (χ4n) is 2.79. The lowest BCUT2D eigenvalue weighted by molar-refractivity contribution is 0.103. The summed E-state index contributed by atoms with van der Waals surface area (Å²) in [5.74, 6) is -0.858. The molecule has 0 unspecified atom stereocenters. The van der Waals surface area contributed by atoms with Gasteiger partial charge in [-0.05, 0) is 45.4 Å². The third kappa shape index (κ3) is 3.66. The van der Waals surface area contributed by atoms with Crippen molar-refractivity contribution in [3.63, 3.8) is 0 Å². The Morgan fingerprint density at radius 3 is 2.33 bits per heavy atom. The SMILES string of the molecule is CCOc1c(Cl)cc(C(=O)c2c(C)c(C#N)c(=O)n(C(C)C)c2O)cc1Cl. The van der Waals surface area contributed by atoms with Crippen LogP contribution in [-0.2, 0) is 0 Å². The summed E-state index contributed by atoms with van der Waals surface area (Å²) in [6.45, 7) is 6.88. The first-order chi connectivity index (χ1) is 12.6. The Balaban J connectivity index is 2.76. The number of aromatic nitrogens is 1. The maximum atomic E-state index is 13.1. The molecule has 0 atom stereocenters. The Labute approximate surface area is 166 Å². The molecule has 2 aromatic rings. The van der Waals surface area contributed by atoms with Crippen LogP contribution in [0.15, 0.2) is 16.9 Å². The van der Waals surface area contributed by atoms with E-state index in [1.54, 1.807) is 20.8 Å². The normalized spacial score (nSPS) is 10.7. The number of nitriles is 1. The number of carbonyl (C=O) groups is 1. The van der Waals surface area contributed by atoms with Crippen LogP contribution in [-0.4, -0.2) is 22.1 Å². The number of halogens is 2. The number of ether oxygens (including phenoxy) is 1. The first kappa shape index (κ1) is 20.8. The van der Waals surface area contributed by atoms with E-state index in [9.17, 15) is 20.0 Å².